The highest BCUT2D eigenvalue weighted by Gasteiger charge is 2.26. The molecule has 2 fully saturated rings. The van der Waals surface area contributed by atoms with Crippen LogP contribution in [-0.4, -0.2) is 49.3 Å². The Hall–Kier alpha value is -2.50. The van der Waals surface area contributed by atoms with Gasteiger partial charge in [0.2, 0.25) is 0 Å². The summed E-state index contributed by atoms with van der Waals surface area (Å²) in [6, 6.07) is 22.2. The van der Waals surface area contributed by atoms with Crippen LogP contribution in [0.1, 0.15) is 84.1 Å². The number of amidine groups is 2. The monoisotopic (exact) mass is 531 g/mol. The lowest BCUT2D eigenvalue weighted by Crippen LogP contribution is -2.45. The van der Waals surface area contributed by atoms with Crippen molar-refractivity contribution in [3.8, 4) is 0 Å². The van der Waals surface area contributed by atoms with Crippen LogP contribution in [0.4, 0.5) is 5.69 Å². The summed E-state index contributed by atoms with van der Waals surface area (Å²) in [5.74, 6) is 3.53. The summed E-state index contributed by atoms with van der Waals surface area (Å²) in [5.41, 5.74) is 2.35. The highest BCUT2D eigenvalue weighted by atomic mass is 15.1. The van der Waals surface area contributed by atoms with E-state index in [1.54, 1.807) is 0 Å². The van der Waals surface area contributed by atoms with Crippen LogP contribution in [0.15, 0.2) is 70.6 Å². The van der Waals surface area contributed by atoms with Crippen molar-refractivity contribution in [3.05, 3.63) is 66.2 Å². The van der Waals surface area contributed by atoms with E-state index in [1.807, 2.05) is 63.2 Å². The molecule has 0 aromatic heterocycles. The second-order valence-corrected chi connectivity index (χ2v) is 11.6. The fourth-order valence-corrected chi connectivity index (χ4v) is 5.71. The zero-order valence-electron chi connectivity index (χ0n) is 25.2. The van der Waals surface area contributed by atoms with E-state index in [2.05, 4.69) is 57.9 Å². The molecule has 5 nitrogen and oxygen atoms in total. The van der Waals surface area contributed by atoms with Crippen LogP contribution < -0.4 is 10.6 Å². The third-order valence-corrected chi connectivity index (χ3v) is 8.43. The van der Waals surface area contributed by atoms with Gasteiger partial charge in [0.15, 0.2) is 0 Å². The maximum absolute atomic E-state index is 4.38. The minimum Gasteiger partial charge on any atom is -0.366 e. The molecular weight excluding hydrogens is 478 g/mol. The molecule has 5 heteroatoms. The summed E-state index contributed by atoms with van der Waals surface area (Å²) in [5, 5.41) is 7.78. The molecule has 0 radical (unpaired) electrons. The molecule has 2 aromatic rings. The van der Waals surface area contributed by atoms with Gasteiger partial charge < -0.3 is 15.5 Å². The molecular formula is C34H53N5. The second-order valence-electron chi connectivity index (χ2n) is 11.6. The third kappa shape index (κ3) is 11.6. The van der Waals surface area contributed by atoms with Crippen LogP contribution in [0.3, 0.4) is 0 Å². The van der Waals surface area contributed by atoms with Gasteiger partial charge >= 0.3 is 0 Å². The standard InChI is InChI=1S/C22H36N2.C12H17N3/c1-2-18-12-14-21(15-13-18)23-17-20-10-6-7-11-22(20)24-16-19-8-4-3-5-9-19;1-10(13-11(2)15(3)4)14-12-8-6-5-7-9-12/h3-5,8-9,18,20-24H,2,6-7,10-17H2,1H3;5-9H,1-4H3. The van der Waals surface area contributed by atoms with Gasteiger partial charge in [0.25, 0.3) is 0 Å². The van der Waals surface area contributed by atoms with Crippen molar-refractivity contribution in [2.24, 2.45) is 21.8 Å². The van der Waals surface area contributed by atoms with Crippen LogP contribution in [0, 0.1) is 11.8 Å². The molecule has 0 amide bonds. The van der Waals surface area contributed by atoms with Crippen LogP contribution in [-0.2, 0) is 6.54 Å². The van der Waals surface area contributed by atoms with Gasteiger partial charge in [-0.1, -0.05) is 74.7 Å². The number of rotatable bonds is 8. The lowest BCUT2D eigenvalue weighted by Gasteiger charge is -2.35. The van der Waals surface area contributed by atoms with Crippen molar-refractivity contribution in [1.29, 1.82) is 0 Å². The van der Waals surface area contributed by atoms with Crippen LogP contribution >= 0.6 is 0 Å². The molecule has 2 unspecified atom stereocenters. The topological polar surface area (TPSA) is 52.0 Å². The average Bonchev–Trinajstić information content (AvgIpc) is 2.97. The van der Waals surface area contributed by atoms with Gasteiger partial charge in [-0.3, -0.25) is 0 Å². The van der Waals surface area contributed by atoms with Crippen LogP contribution in [0.25, 0.3) is 0 Å². The molecule has 0 saturated heterocycles. The Kier molecular flexibility index (Phi) is 13.7. The highest BCUT2D eigenvalue weighted by molar-refractivity contribution is 5.95. The van der Waals surface area contributed by atoms with Gasteiger partial charge in [-0.05, 0) is 88.4 Å². The van der Waals surface area contributed by atoms with Gasteiger partial charge in [-0.15, -0.1) is 0 Å². The van der Waals surface area contributed by atoms with E-state index in [4.69, 9.17) is 0 Å². The predicted octanol–water partition coefficient (Wildman–Crippen LogP) is 7.61. The number of nitrogens with zero attached hydrogens (tertiary/aromatic N) is 3. The molecule has 2 aliphatic carbocycles. The van der Waals surface area contributed by atoms with Crippen molar-refractivity contribution in [1.82, 2.24) is 15.5 Å². The average molecular weight is 532 g/mol. The molecule has 0 aliphatic heterocycles. The van der Waals surface area contributed by atoms with Gasteiger partial charge in [-0.2, -0.15) is 0 Å². The molecule has 2 aliphatic rings. The molecule has 0 bridgehead atoms. The van der Waals surface area contributed by atoms with Crippen molar-refractivity contribution in [2.45, 2.75) is 97.2 Å². The van der Waals surface area contributed by atoms with Gasteiger partial charge in [0.1, 0.15) is 11.7 Å². The van der Waals surface area contributed by atoms with Gasteiger partial charge in [-0.25, -0.2) is 9.98 Å². The summed E-state index contributed by atoms with van der Waals surface area (Å²) in [6.45, 7) is 8.45. The highest BCUT2D eigenvalue weighted by Crippen LogP contribution is 2.28. The molecule has 2 atom stereocenters. The Bertz CT molecular complexity index is 977. The van der Waals surface area contributed by atoms with E-state index in [1.165, 1.54) is 69.9 Å². The second kappa shape index (κ2) is 17.2. The first-order chi connectivity index (χ1) is 18.9. The molecule has 39 heavy (non-hydrogen) atoms. The number of hydrogen-bond acceptors (Lipinski definition) is 3. The van der Waals surface area contributed by atoms with Crippen molar-refractivity contribution < 1.29 is 0 Å². The third-order valence-electron chi connectivity index (χ3n) is 8.43. The van der Waals surface area contributed by atoms with E-state index < -0.39 is 0 Å². The summed E-state index contributed by atoms with van der Waals surface area (Å²) in [6.07, 6.45) is 12.6. The Labute approximate surface area is 238 Å². The number of aliphatic imine (C=N–C) groups is 2. The molecule has 0 spiro atoms. The Morgan fingerprint density at radius 1 is 0.821 bits per heavy atom. The van der Waals surface area contributed by atoms with Crippen molar-refractivity contribution in [3.63, 3.8) is 0 Å². The van der Waals surface area contributed by atoms with E-state index in [0.717, 1.165) is 41.8 Å². The Morgan fingerprint density at radius 3 is 2.10 bits per heavy atom. The number of para-hydroxylation sites is 1. The van der Waals surface area contributed by atoms with E-state index in [0.29, 0.717) is 6.04 Å². The lowest BCUT2D eigenvalue weighted by molar-refractivity contribution is 0.225. The molecule has 2 N–H and O–H groups in total. The first kappa shape index (κ1) is 31.0. The van der Waals surface area contributed by atoms with E-state index in [-0.39, 0.29) is 0 Å². The van der Waals surface area contributed by atoms with E-state index >= 15 is 0 Å². The van der Waals surface area contributed by atoms with Gasteiger partial charge in [0.05, 0.1) is 5.69 Å². The quantitative estimate of drug-likeness (QED) is 0.272. The Balaban J connectivity index is 0.000000242. The SMILES string of the molecule is CC(=Nc1ccccc1)N=C(C)N(C)C.CCC1CCC(NCC2CCCCC2NCc2ccccc2)CC1. The zero-order valence-corrected chi connectivity index (χ0v) is 25.2. The minimum absolute atomic E-state index is 0.693. The number of nitrogens with one attached hydrogen (secondary N) is 2. The number of hydrogen-bond donors (Lipinski definition) is 2. The first-order valence-corrected chi connectivity index (χ1v) is 15.3. The van der Waals surface area contributed by atoms with Crippen LogP contribution in [0.5, 0.6) is 0 Å². The normalized spacial score (nSPS) is 24.0. The summed E-state index contributed by atoms with van der Waals surface area (Å²) in [7, 11) is 3.93. The summed E-state index contributed by atoms with van der Waals surface area (Å²) < 4.78 is 0. The summed E-state index contributed by atoms with van der Waals surface area (Å²) in [4.78, 5) is 10.7. The van der Waals surface area contributed by atoms with E-state index in [9.17, 15) is 0 Å². The zero-order chi connectivity index (χ0) is 27.9. The smallest absolute Gasteiger partial charge is 0.127 e. The Morgan fingerprint density at radius 2 is 1.46 bits per heavy atom. The van der Waals surface area contributed by atoms with Crippen molar-refractivity contribution in [2.75, 3.05) is 20.6 Å². The van der Waals surface area contributed by atoms with Crippen LogP contribution in [0.2, 0.25) is 0 Å². The van der Waals surface area contributed by atoms with Gasteiger partial charge in [0, 0.05) is 32.7 Å². The van der Waals surface area contributed by atoms with Crippen molar-refractivity contribution >= 4 is 17.4 Å². The molecule has 4 rings (SSSR count). The number of benzene rings is 2. The molecule has 214 valence electrons. The molecule has 0 heterocycles. The minimum atomic E-state index is 0.693. The largest absolute Gasteiger partial charge is 0.366 e. The molecule has 2 saturated carbocycles. The lowest BCUT2D eigenvalue weighted by atomic mass is 9.82. The predicted molar refractivity (Wildman–Crippen MR) is 169 cm³/mol. The molecule has 2 aromatic carbocycles. The maximum Gasteiger partial charge on any atom is 0.127 e. The fraction of sp³-hybridized carbons (Fsp3) is 0.588. The maximum atomic E-state index is 4.38. The summed E-state index contributed by atoms with van der Waals surface area (Å²) >= 11 is 0. The first-order valence-electron chi connectivity index (χ1n) is 15.3. The fourth-order valence-electron chi connectivity index (χ4n) is 5.71.